The van der Waals surface area contributed by atoms with Crippen LogP contribution in [0.25, 0.3) is 0 Å². The maximum absolute atomic E-state index is 12.3. The number of carbonyl (C=O) groups is 2. The second-order valence-corrected chi connectivity index (χ2v) is 6.18. The topological polar surface area (TPSA) is 61.8 Å². The van der Waals surface area contributed by atoms with E-state index in [4.69, 9.17) is 25.8 Å². The highest BCUT2D eigenvalue weighted by Gasteiger charge is 2.51. The first-order valence-corrected chi connectivity index (χ1v) is 7.96. The van der Waals surface area contributed by atoms with Crippen LogP contribution in [0.3, 0.4) is 0 Å². The fourth-order valence-electron chi connectivity index (χ4n) is 2.66. The number of carbonyl (C=O) groups excluding carboxylic acids is 2. The third-order valence-electron chi connectivity index (χ3n) is 4.32. The van der Waals surface area contributed by atoms with Gasteiger partial charge in [-0.25, -0.2) is 4.79 Å². The summed E-state index contributed by atoms with van der Waals surface area (Å²) in [5.74, 6) is -1.68. The Kier molecular flexibility index (Phi) is 5.79. The smallest absolute Gasteiger partial charge is 0.339 e. The number of hydrogen-bond donors (Lipinski definition) is 0. The zero-order valence-corrected chi connectivity index (χ0v) is 14.2. The van der Waals surface area contributed by atoms with Crippen molar-refractivity contribution in [1.29, 1.82) is 0 Å². The van der Waals surface area contributed by atoms with Gasteiger partial charge in [0.2, 0.25) is 11.9 Å². The van der Waals surface area contributed by atoms with Crippen molar-refractivity contribution in [2.75, 3.05) is 7.11 Å². The maximum Gasteiger partial charge on any atom is 0.339 e. The van der Waals surface area contributed by atoms with Crippen LogP contribution < -0.4 is 0 Å². The van der Waals surface area contributed by atoms with Gasteiger partial charge in [-0.15, -0.1) is 0 Å². The number of benzene rings is 1. The molecule has 0 spiro atoms. The molecular weight excluding hydrogens is 320 g/mol. The van der Waals surface area contributed by atoms with Crippen molar-refractivity contribution in [2.24, 2.45) is 5.92 Å². The molecule has 6 heteroatoms. The van der Waals surface area contributed by atoms with Gasteiger partial charge < -0.3 is 14.2 Å². The summed E-state index contributed by atoms with van der Waals surface area (Å²) in [5.41, 5.74) is 0.332. The van der Waals surface area contributed by atoms with Crippen molar-refractivity contribution in [3.63, 3.8) is 0 Å². The van der Waals surface area contributed by atoms with Crippen molar-refractivity contribution in [1.82, 2.24) is 0 Å². The van der Waals surface area contributed by atoms with Crippen LogP contribution in [0.4, 0.5) is 0 Å². The van der Waals surface area contributed by atoms with Gasteiger partial charge in [-0.3, -0.25) is 4.79 Å². The second-order valence-electron chi connectivity index (χ2n) is 5.81. The number of ether oxygens (including phenoxy) is 3. The molecule has 1 saturated heterocycles. The van der Waals surface area contributed by atoms with Gasteiger partial charge in [0.25, 0.3) is 5.24 Å². The lowest BCUT2D eigenvalue weighted by molar-refractivity contribution is -0.305. The van der Waals surface area contributed by atoms with E-state index in [-0.39, 0.29) is 6.10 Å². The molecule has 1 aromatic rings. The molecule has 2 rings (SSSR count). The average molecular weight is 341 g/mol. The van der Waals surface area contributed by atoms with Crippen LogP contribution in [-0.2, 0) is 19.0 Å². The highest BCUT2D eigenvalue weighted by atomic mass is 35.5. The van der Waals surface area contributed by atoms with Gasteiger partial charge >= 0.3 is 5.97 Å². The normalized spacial score (nSPS) is 28.9. The van der Waals surface area contributed by atoms with Crippen molar-refractivity contribution < 1.29 is 23.8 Å². The fraction of sp³-hybridized carbons (Fsp3) is 0.529. The SMILES string of the molecule is CO[C@]1([C@H](OC(=O)c2ccccc2)C(=O)Cl)CC[C@@H](C)[C@@H](C)O1. The summed E-state index contributed by atoms with van der Waals surface area (Å²) in [6.07, 6.45) is -0.270. The Balaban J connectivity index is 2.23. The Morgan fingerprint density at radius 3 is 2.48 bits per heavy atom. The van der Waals surface area contributed by atoms with E-state index in [1.165, 1.54) is 7.11 Å². The first-order valence-electron chi connectivity index (χ1n) is 7.58. The molecule has 0 N–H and O–H groups in total. The number of rotatable bonds is 5. The molecule has 126 valence electrons. The van der Waals surface area contributed by atoms with E-state index >= 15 is 0 Å². The van der Waals surface area contributed by atoms with Gasteiger partial charge in [0.05, 0.1) is 11.7 Å². The zero-order chi connectivity index (χ0) is 17.0. The monoisotopic (exact) mass is 340 g/mol. The molecule has 0 aromatic heterocycles. The molecular formula is C17H21ClO5. The molecule has 5 nitrogen and oxygen atoms in total. The average Bonchev–Trinajstić information content (AvgIpc) is 2.56. The lowest BCUT2D eigenvalue weighted by atomic mass is 9.90. The number of esters is 1. The number of methoxy groups -OCH3 is 1. The molecule has 0 radical (unpaired) electrons. The van der Waals surface area contributed by atoms with E-state index in [0.717, 1.165) is 6.42 Å². The van der Waals surface area contributed by atoms with Gasteiger partial charge in [-0.2, -0.15) is 0 Å². The lowest BCUT2D eigenvalue weighted by Crippen LogP contribution is -2.56. The highest BCUT2D eigenvalue weighted by Crippen LogP contribution is 2.37. The summed E-state index contributed by atoms with van der Waals surface area (Å²) in [7, 11) is 1.42. The van der Waals surface area contributed by atoms with E-state index in [9.17, 15) is 9.59 Å². The quantitative estimate of drug-likeness (QED) is 0.608. The molecule has 0 saturated carbocycles. The Bertz CT molecular complexity index is 561. The number of halogens is 1. The molecule has 1 aliphatic heterocycles. The Labute approximate surface area is 140 Å². The lowest BCUT2D eigenvalue weighted by Gasteiger charge is -2.44. The molecule has 0 aliphatic carbocycles. The van der Waals surface area contributed by atoms with Crippen LogP contribution in [0.2, 0.25) is 0 Å². The Morgan fingerprint density at radius 1 is 1.30 bits per heavy atom. The Morgan fingerprint density at radius 2 is 1.96 bits per heavy atom. The van der Waals surface area contributed by atoms with E-state index in [0.29, 0.717) is 17.9 Å². The summed E-state index contributed by atoms with van der Waals surface area (Å²) < 4.78 is 16.7. The van der Waals surface area contributed by atoms with Crippen LogP contribution in [0.15, 0.2) is 30.3 Å². The van der Waals surface area contributed by atoms with Crippen LogP contribution in [0, 0.1) is 5.92 Å². The molecule has 23 heavy (non-hydrogen) atoms. The van der Waals surface area contributed by atoms with Gasteiger partial charge in [-0.1, -0.05) is 25.1 Å². The first-order chi connectivity index (χ1) is 10.9. The molecule has 1 aliphatic rings. The predicted molar refractivity (Wildman–Crippen MR) is 85.2 cm³/mol. The molecule has 4 atom stereocenters. The standard InChI is InChI=1S/C17H21ClO5/c1-11-9-10-17(21-3,23-12(11)2)14(15(18)19)22-16(20)13-7-5-4-6-8-13/h4-8,11-12,14H,9-10H2,1-3H3/t11-,12-,14-,17-/m1/s1. The summed E-state index contributed by atoms with van der Waals surface area (Å²) >= 11 is 5.68. The molecule has 0 amide bonds. The third-order valence-corrected chi connectivity index (χ3v) is 4.52. The first kappa shape index (κ1) is 17.9. The summed E-state index contributed by atoms with van der Waals surface area (Å²) in [6.45, 7) is 3.95. The van der Waals surface area contributed by atoms with Crippen LogP contribution >= 0.6 is 11.6 Å². The minimum atomic E-state index is -1.35. The molecule has 1 fully saturated rings. The van der Waals surface area contributed by atoms with Gasteiger partial charge in [0.15, 0.2) is 0 Å². The van der Waals surface area contributed by atoms with Gasteiger partial charge in [-0.05, 0) is 43.0 Å². The van der Waals surface area contributed by atoms with Gasteiger partial charge in [0, 0.05) is 13.5 Å². The maximum atomic E-state index is 12.3. The fourth-order valence-corrected chi connectivity index (χ4v) is 2.87. The molecule has 0 bridgehead atoms. The third kappa shape index (κ3) is 3.91. The van der Waals surface area contributed by atoms with E-state index in [1.54, 1.807) is 30.3 Å². The van der Waals surface area contributed by atoms with E-state index in [2.05, 4.69) is 6.92 Å². The second kappa shape index (κ2) is 7.43. The predicted octanol–water partition coefficient (Wildman–Crippen LogP) is 3.16. The molecule has 1 aromatic carbocycles. The highest BCUT2D eigenvalue weighted by molar-refractivity contribution is 6.64. The van der Waals surface area contributed by atoms with Crippen LogP contribution in [0.5, 0.6) is 0 Å². The minimum Gasteiger partial charge on any atom is -0.443 e. The van der Waals surface area contributed by atoms with Crippen molar-refractivity contribution in [3.8, 4) is 0 Å². The van der Waals surface area contributed by atoms with Crippen LogP contribution in [-0.4, -0.2) is 36.3 Å². The summed E-state index contributed by atoms with van der Waals surface area (Å²) in [6, 6.07) is 8.40. The molecule has 0 unspecified atom stereocenters. The van der Waals surface area contributed by atoms with Crippen molar-refractivity contribution in [2.45, 2.75) is 44.7 Å². The van der Waals surface area contributed by atoms with E-state index < -0.39 is 23.1 Å². The Hall–Kier alpha value is -1.43. The largest absolute Gasteiger partial charge is 0.443 e. The minimum absolute atomic E-state index is 0.141. The molecule has 1 heterocycles. The van der Waals surface area contributed by atoms with E-state index in [1.807, 2.05) is 6.92 Å². The summed E-state index contributed by atoms with van der Waals surface area (Å²) in [5, 5.41) is -0.821. The van der Waals surface area contributed by atoms with Crippen molar-refractivity contribution in [3.05, 3.63) is 35.9 Å². The van der Waals surface area contributed by atoms with Crippen molar-refractivity contribution >= 4 is 22.8 Å². The summed E-state index contributed by atoms with van der Waals surface area (Å²) in [4.78, 5) is 24.2. The zero-order valence-electron chi connectivity index (χ0n) is 13.5. The number of hydrogen-bond acceptors (Lipinski definition) is 5. The van der Waals surface area contributed by atoms with Gasteiger partial charge in [0.1, 0.15) is 0 Å². The van der Waals surface area contributed by atoms with Crippen LogP contribution in [0.1, 0.15) is 37.0 Å².